The number of aromatic nitrogens is 3. The normalized spacial score (nSPS) is 12.8. The van der Waals surface area contributed by atoms with Crippen molar-refractivity contribution >= 4 is 27.6 Å². The highest BCUT2D eigenvalue weighted by atomic mass is 32.1. The van der Waals surface area contributed by atoms with E-state index in [9.17, 15) is 27.6 Å². The molecule has 200 valence electrons. The van der Waals surface area contributed by atoms with Gasteiger partial charge in [-0.15, -0.1) is 6.42 Å². The van der Waals surface area contributed by atoms with E-state index in [1.165, 1.54) is 23.7 Å². The van der Waals surface area contributed by atoms with Gasteiger partial charge in [-0.2, -0.15) is 17.5 Å². The van der Waals surface area contributed by atoms with Crippen molar-refractivity contribution in [3.8, 4) is 35.0 Å². The second-order valence-electron chi connectivity index (χ2n) is 8.88. The van der Waals surface area contributed by atoms with Crippen LogP contribution in [0.1, 0.15) is 23.2 Å². The fourth-order valence-corrected chi connectivity index (χ4v) is 5.37. The van der Waals surface area contributed by atoms with Crippen LogP contribution in [0.15, 0.2) is 46.0 Å². The maximum absolute atomic E-state index is 13.3. The predicted octanol–water partition coefficient (Wildman–Crippen LogP) is 3.88. The predicted molar refractivity (Wildman–Crippen MR) is 138 cm³/mol. The monoisotopic (exact) mass is 555 g/mol. The van der Waals surface area contributed by atoms with Crippen LogP contribution in [0.2, 0.25) is 0 Å². The molecule has 0 fully saturated rings. The molecule has 2 aromatic carbocycles. The van der Waals surface area contributed by atoms with Gasteiger partial charge in [-0.1, -0.05) is 5.92 Å². The van der Waals surface area contributed by atoms with Crippen molar-refractivity contribution in [2.45, 2.75) is 25.4 Å². The molecule has 0 aliphatic heterocycles. The second kappa shape index (κ2) is 10.1. The van der Waals surface area contributed by atoms with E-state index in [0.717, 1.165) is 37.4 Å². The molecule has 0 amide bonds. The molecular formula is C27H20F3N3O5S. The van der Waals surface area contributed by atoms with Gasteiger partial charge < -0.3 is 9.47 Å². The molecule has 12 heteroatoms. The lowest BCUT2D eigenvalue weighted by molar-refractivity contribution is -0.145. The molecule has 8 nitrogen and oxygen atoms in total. The number of carbonyl (C=O) groups excluding carboxylic acids is 1. The lowest BCUT2D eigenvalue weighted by atomic mass is 10.0. The summed E-state index contributed by atoms with van der Waals surface area (Å²) in [6, 6.07) is 8.83. The molecule has 0 saturated heterocycles. The number of halogens is 3. The molecule has 39 heavy (non-hydrogen) atoms. The van der Waals surface area contributed by atoms with Crippen LogP contribution in [0.3, 0.4) is 0 Å². The number of fused-ring (bicyclic) bond motifs is 2. The summed E-state index contributed by atoms with van der Waals surface area (Å²) in [6.45, 7) is -0.556. The quantitative estimate of drug-likeness (QED) is 0.265. The van der Waals surface area contributed by atoms with E-state index in [-0.39, 0.29) is 18.9 Å². The Labute approximate surface area is 223 Å². The van der Waals surface area contributed by atoms with Gasteiger partial charge >= 0.3 is 17.8 Å². The van der Waals surface area contributed by atoms with Crippen LogP contribution in [0, 0.1) is 12.3 Å². The average Bonchev–Trinajstić information content (AvgIpc) is 3.53. The van der Waals surface area contributed by atoms with Crippen molar-refractivity contribution in [3.05, 3.63) is 74.1 Å². The molecule has 0 unspecified atom stereocenters. The van der Waals surface area contributed by atoms with Gasteiger partial charge in [0.2, 0.25) is 0 Å². The number of hydrogen-bond acceptors (Lipinski definition) is 7. The maximum atomic E-state index is 13.3. The van der Waals surface area contributed by atoms with E-state index >= 15 is 0 Å². The Hall–Kier alpha value is -4.37. The Bertz CT molecular complexity index is 1780. The van der Waals surface area contributed by atoms with Crippen LogP contribution in [-0.4, -0.2) is 32.7 Å². The fraction of sp³-hybridized carbons (Fsp3) is 0.259. The number of hydrogen-bond donors (Lipinski definition) is 0. The summed E-state index contributed by atoms with van der Waals surface area (Å²) in [5.41, 5.74) is -0.222. The Morgan fingerprint density at radius 2 is 1.90 bits per heavy atom. The van der Waals surface area contributed by atoms with Crippen molar-refractivity contribution < 1.29 is 27.4 Å². The van der Waals surface area contributed by atoms with E-state index in [1.807, 2.05) is 12.1 Å². The zero-order valence-electron chi connectivity index (χ0n) is 20.5. The van der Waals surface area contributed by atoms with Crippen LogP contribution in [0.25, 0.3) is 27.0 Å². The molecule has 2 aromatic heterocycles. The van der Waals surface area contributed by atoms with E-state index < -0.39 is 29.1 Å². The molecule has 0 N–H and O–H groups in total. The van der Waals surface area contributed by atoms with Crippen molar-refractivity contribution in [1.29, 1.82) is 0 Å². The third kappa shape index (κ3) is 4.93. The molecule has 0 spiro atoms. The number of alkyl halides is 3. The van der Waals surface area contributed by atoms with E-state index in [0.29, 0.717) is 42.3 Å². The first-order valence-corrected chi connectivity index (χ1v) is 12.5. The third-order valence-electron chi connectivity index (χ3n) is 6.43. The van der Waals surface area contributed by atoms with Crippen molar-refractivity contribution in [3.63, 3.8) is 0 Å². The van der Waals surface area contributed by atoms with Gasteiger partial charge in [-0.05, 0) is 72.3 Å². The Morgan fingerprint density at radius 3 is 2.62 bits per heavy atom. The zero-order chi connectivity index (χ0) is 27.9. The van der Waals surface area contributed by atoms with Crippen LogP contribution < -0.4 is 16.0 Å². The average molecular weight is 556 g/mol. The molecule has 0 bridgehead atoms. The molecular weight excluding hydrogens is 535 g/mol. The minimum absolute atomic E-state index is 0.0877. The molecule has 0 radical (unpaired) electrons. The largest absolute Gasteiger partial charge is 0.481 e. The van der Waals surface area contributed by atoms with Crippen molar-refractivity contribution in [2.24, 2.45) is 7.05 Å². The van der Waals surface area contributed by atoms with Crippen LogP contribution in [0.5, 0.6) is 5.75 Å². The Morgan fingerprint density at radius 1 is 1.15 bits per heavy atom. The van der Waals surface area contributed by atoms with E-state index in [2.05, 4.69) is 10.3 Å². The summed E-state index contributed by atoms with van der Waals surface area (Å²) in [5, 5.41) is 0.559. The van der Waals surface area contributed by atoms with E-state index in [1.54, 1.807) is 6.07 Å². The van der Waals surface area contributed by atoms with Gasteiger partial charge in [-0.25, -0.2) is 14.2 Å². The highest BCUT2D eigenvalue weighted by molar-refractivity contribution is 7.13. The number of rotatable bonds is 6. The van der Waals surface area contributed by atoms with Gasteiger partial charge in [-0.3, -0.25) is 9.36 Å². The van der Waals surface area contributed by atoms with Crippen LogP contribution in [0.4, 0.5) is 13.2 Å². The molecule has 1 aliphatic carbocycles. The van der Waals surface area contributed by atoms with Crippen LogP contribution >= 0.6 is 11.5 Å². The molecule has 4 aromatic rings. The topological polar surface area (TPSA) is 92.4 Å². The van der Waals surface area contributed by atoms with Crippen molar-refractivity contribution in [1.82, 2.24) is 13.5 Å². The molecule has 0 atom stereocenters. The summed E-state index contributed by atoms with van der Waals surface area (Å²) in [6.07, 6.45) is 2.94. The molecule has 1 aliphatic rings. The summed E-state index contributed by atoms with van der Waals surface area (Å²) in [4.78, 5) is 37.5. The fourth-order valence-electron chi connectivity index (χ4n) is 4.60. The minimum atomic E-state index is -4.86. The third-order valence-corrected chi connectivity index (χ3v) is 7.26. The lowest BCUT2D eigenvalue weighted by Crippen LogP contribution is -2.40. The number of nitrogens with zero attached hydrogens (tertiary/aromatic N) is 3. The molecule has 5 rings (SSSR count). The highest BCUT2D eigenvalue weighted by Crippen LogP contribution is 2.40. The smallest absolute Gasteiger partial charge is 0.431 e. The molecule has 2 heterocycles. The van der Waals surface area contributed by atoms with Crippen molar-refractivity contribution in [2.75, 3.05) is 13.2 Å². The number of terminal acetylenes is 1. The number of ether oxygens (including phenoxy) is 2. The Balaban J connectivity index is 1.62. The van der Waals surface area contributed by atoms with Gasteiger partial charge in [0.25, 0.3) is 5.56 Å². The SMILES string of the molecule is C#CCOC(=O)COc1cc2c(cc1-c1nsc3ccc(-n4c(=O)cc(C(F)(F)F)n(C)c4=O)cc13)CCC2. The van der Waals surface area contributed by atoms with Crippen LogP contribution in [-0.2, 0) is 35.6 Å². The first kappa shape index (κ1) is 26.2. The Kier molecular flexibility index (Phi) is 6.78. The second-order valence-corrected chi connectivity index (χ2v) is 9.68. The van der Waals surface area contributed by atoms with Gasteiger partial charge in [0.05, 0.1) is 16.1 Å². The minimum Gasteiger partial charge on any atom is -0.481 e. The summed E-state index contributed by atoms with van der Waals surface area (Å²) < 4.78 is 56.9. The number of carbonyl (C=O) groups is 1. The van der Waals surface area contributed by atoms with E-state index in [4.69, 9.17) is 15.9 Å². The first-order chi connectivity index (χ1) is 18.6. The highest BCUT2D eigenvalue weighted by Gasteiger charge is 2.35. The van der Waals surface area contributed by atoms with Gasteiger partial charge in [0, 0.05) is 24.1 Å². The summed E-state index contributed by atoms with van der Waals surface area (Å²) >= 11 is 1.17. The number of benzene rings is 2. The van der Waals surface area contributed by atoms with Gasteiger partial charge in [0.1, 0.15) is 11.4 Å². The van der Waals surface area contributed by atoms with Gasteiger partial charge in [0.15, 0.2) is 13.2 Å². The standard InChI is InChI=1S/C27H20F3N3O5S/c1-3-9-37-24(35)14-38-20-11-16-6-4-5-15(16)10-18(20)25-19-12-17(7-8-21(19)39-31-25)33-23(34)13-22(27(28,29)30)32(2)26(33)36/h1,7-8,10-13H,4-6,9,14H2,2H3. The maximum Gasteiger partial charge on any atom is 0.431 e. The molecule has 0 saturated carbocycles. The zero-order valence-corrected chi connectivity index (χ0v) is 21.3. The number of esters is 1. The first-order valence-electron chi connectivity index (χ1n) is 11.8. The summed E-state index contributed by atoms with van der Waals surface area (Å²) in [7, 11) is 0.958. The summed E-state index contributed by atoms with van der Waals surface area (Å²) in [5.74, 6) is 1.97. The lowest BCUT2D eigenvalue weighted by Gasteiger charge is -2.14. The number of aryl methyl sites for hydroxylation is 2.